The number of hydrogen-bond donors (Lipinski definition) is 1. The second-order valence-electron chi connectivity index (χ2n) is 5.34. The van der Waals surface area contributed by atoms with Crippen LogP contribution >= 0.6 is 23.2 Å². The number of aromatic nitrogens is 4. The van der Waals surface area contributed by atoms with Crippen LogP contribution in [0.25, 0.3) is 5.65 Å². The fraction of sp³-hybridized carbons (Fsp3) is 0.214. The molecule has 3 aromatic heterocycles. The van der Waals surface area contributed by atoms with Crippen LogP contribution in [0.3, 0.4) is 0 Å². The van der Waals surface area contributed by atoms with Crippen molar-refractivity contribution >= 4 is 38.9 Å². The fourth-order valence-corrected chi connectivity index (χ4v) is 3.58. The van der Waals surface area contributed by atoms with Gasteiger partial charge < -0.3 is 0 Å². The van der Waals surface area contributed by atoms with E-state index in [9.17, 15) is 21.6 Å². The molecule has 0 amide bonds. The number of hydrogen-bond acceptors (Lipinski definition) is 5. The summed E-state index contributed by atoms with van der Waals surface area (Å²) in [4.78, 5) is 3.59. The minimum Gasteiger partial charge on any atom is -0.284 e. The Kier molecular flexibility index (Phi) is 5.30. The normalized spacial score (nSPS) is 12.6. The fourth-order valence-electron chi connectivity index (χ4n) is 2.29. The maximum Gasteiger partial charge on any atom is 0.420 e. The quantitative estimate of drug-likeness (QED) is 0.617. The molecule has 27 heavy (non-hydrogen) atoms. The van der Waals surface area contributed by atoms with Crippen molar-refractivity contribution in [2.24, 2.45) is 0 Å². The summed E-state index contributed by atoms with van der Waals surface area (Å²) in [5, 5.41) is 7.24. The summed E-state index contributed by atoms with van der Waals surface area (Å²) >= 11 is 11.4. The molecular weight excluding hydrogens is 430 g/mol. The minimum atomic E-state index is -4.65. The van der Waals surface area contributed by atoms with Crippen LogP contribution in [0.5, 0.6) is 0 Å². The lowest BCUT2D eigenvalue weighted by Crippen LogP contribution is -2.26. The molecule has 0 aliphatic heterocycles. The second-order valence-corrected chi connectivity index (χ2v) is 7.93. The van der Waals surface area contributed by atoms with E-state index in [1.807, 2.05) is 0 Å². The number of nitrogens with one attached hydrogen (secondary N) is 1. The summed E-state index contributed by atoms with van der Waals surface area (Å²) in [5.74, 6) is 0.120. The molecule has 0 atom stereocenters. The lowest BCUT2D eigenvalue weighted by atomic mass is 10.2. The van der Waals surface area contributed by atoms with Gasteiger partial charge in [-0.15, -0.1) is 10.2 Å². The highest BCUT2D eigenvalue weighted by atomic mass is 35.5. The van der Waals surface area contributed by atoms with Crippen LogP contribution < -0.4 is 4.72 Å². The Morgan fingerprint density at radius 2 is 1.93 bits per heavy atom. The van der Waals surface area contributed by atoms with Crippen molar-refractivity contribution in [1.82, 2.24) is 24.3 Å². The molecule has 0 spiro atoms. The van der Waals surface area contributed by atoms with E-state index in [-0.39, 0.29) is 33.9 Å². The maximum atomic E-state index is 13.1. The first kappa shape index (κ1) is 19.8. The first-order valence-electron chi connectivity index (χ1n) is 7.29. The highest BCUT2D eigenvalue weighted by Gasteiger charge is 2.35. The molecule has 0 unspecified atom stereocenters. The van der Waals surface area contributed by atoms with Crippen LogP contribution in [0.2, 0.25) is 10.2 Å². The Labute approximate surface area is 161 Å². The Balaban J connectivity index is 1.80. The molecule has 0 saturated heterocycles. The molecule has 0 aliphatic carbocycles. The van der Waals surface area contributed by atoms with E-state index < -0.39 is 27.4 Å². The number of pyridine rings is 2. The first-order valence-corrected chi connectivity index (χ1v) is 9.53. The Bertz CT molecular complexity index is 1080. The average molecular weight is 440 g/mol. The number of halogens is 5. The van der Waals surface area contributed by atoms with Gasteiger partial charge >= 0.3 is 6.18 Å². The smallest absolute Gasteiger partial charge is 0.284 e. The van der Waals surface area contributed by atoms with Gasteiger partial charge in [0.25, 0.3) is 0 Å². The van der Waals surface area contributed by atoms with E-state index in [0.717, 1.165) is 16.7 Å². The molecule has 3 aromatic rings. The summed E-state index contributed by atoms with van der Waals surface area (Å²) in [7, 11) is -3.86. The third-order valence-electron chi connectivity index (χ3n) is 3.50. The number of nitrogens with zero attached hydrogens (tertiary/aromatic N) is 4. The SMILES string of the molecule is O=S(=O)(NCCc1nnc2c(C(F)(F)F)cc(Cl)cn12)c1ccc(Cl)nc1. The van der Waals surface area contributed by atoms with Crippen LogP contribution in [-0.4, -0.2) is 34.5 Å². The van der Waals surface area contributed by atoms with E-state index in [0.29, 0.717) is 0 Å². The minimum absolute atomic E-state index is 0.0148. The predicted octanol–water partition coefficient (Wildman–Crippen LogP) is 2.97. The van der Waals surface area contributed by atoms with E-state index in [2.05, 4.69) is 19.9 Å². The van der Waals surface area contributed by atoms with Gasteiger partial charge in [-0.3, -0.25) is 4.40 Å². The standard InChI is InChI=1S/C14H10Cl2F3N5O2S/c15-8-5-10(14(17,18)19)13-23-22-12(24(13)7-8)3-4-21-27(25,26)9-1-2-11(16)20-6-9/h1-2,5-7,21H,3-4H2. The molecule has 7 nitrogen and oxygen atoms in total. The number of sulfonamides is 1. The van der Waals surface area contributed by atoms with Gasteiger partial charge in [0, 0.05) is 25.4 Å². The molecule has 0 saturated carbocycles. The van der Waals surface area contributed by atoms with Crippen molar-refractivity contribution in [1.29, 1.82) is 0 Å². The van der Waals surface area contributed by atoms with E-state index in [4.69, 9.17) is 23.2 Å². The van der Waals surface area contributed by atoms with Crippen molar-refractivity contribution < 1.29 is 21.6 Å². The Morgan fingerprint density at radius 1 is 1.19 bits per heavy atom. The Morgan fingerprint density at radius 3 is 2.56 bits per heavy atom. The molecular formula is C14H10Cl2F3N5O2S. The largest absolute Gasteiger partial charge is 0.420 e. The summed E-state index contributed by atoms with van der Waals surface area (Å²) in [5.41, 5.74) is -1.44. The van der Waals surface area contributed by atoms with Crippen molar-refractivity contribution in [3.63, 3.8) is 0 Å². The molecule has 13 heteroatoms. The summed E-state index contributed by atoms with van der Waals surface area (Å²) in [6.45, 7) is -0.125. The average Bonchev–Trinajstić information content (AvgIpc) is 2.96. The van der Waals surface area contributed by atoms with Gasteiger partial charge in [-0.05, 0) is 18.2 Å². The van der Waals surface area contributed by atoms with Gasteiger partial charge in [0.1, 0.15) is 21.4 Å². The number of alkyl halides is 3. The van der Waals surface area contributed by atoms with Crippen molar-refractivity contribution in [2.75, 3.05) is 6.54 Å². The zero-order chi connectivity index (χ0) is 19.8. The lowest BCUT2D eigenvalue weighted by molar-refractivity contribution is -0.136. The summed E-state index contributed by atoms with van der Waals surface area (Å²) in [6.07, 6.45) is -2.34. The van der Waals surface area contributed by atoms with Gasteiger partial charge in [-0.2, -0.15) is 13.2 Å². The molecule has 0 fully saturated rings. The third kappa shape index (κ3) is 4.32. The van der Waals surface area contributed by atoms with Gasteiger partial charge in [0.2, 0.25) is 10.0 Å². The van der Waals surface area contributed by atoms with Crippen LogP contribution in [-0.2, 0) is 22.6 Å². The monoisotopic (exact) mass is 439 g/mol. The first-order chi connectivity index (χ1) is 12.6. The topological polar surface area (TPSA) is 89.2 Å². The molecule has 3 rings (SSSR count). The molecule has 0 aliphatic rings. The second kappa shape index (κ2) is 7.23. The Hall–Kier alpha value is -1.95. The van der Waals surface area contributed by atoms with Crippen LogP contribution in [0.1, 0.15) is 11.4 Å². The van der Waals surface area contributed by atoms with Crippen molar-refractivity contribution in [3.8, 4) is 0 Å². The van der Waals surface area contributed by atoms with Gasteiger partial charge in [0.15, 0.2) is 5.65 Å². The number of fused-ring (bicyclic) bond motifs is 1. The van der Waals surface area contributed by atoms with Gasteiger partial charge in [-0.25, -0.2) is 18.1 Å². The summed E-state index contributed by atoms with van der Waals surface area (Å²) in [6, 6.07) is 3.36. The predicted molar refractivity (Wildman–Crippen MR) is 91.1 cm³/mol. The zero-order valence-corrected chi connectivity index (χ0v) is 15.5. The van der Waals surface area contributed by atoms with Crippen LogP contribution in [0.4, 0.5) is 13.2 Å². The van der Waals surface area contributed by atoms with E-state index >= 15 is 0 Å². The zero-order valence-electron chi connectivity index (χ0n) is 13.2. The molecule has 0 aromatic carbocycles. The lowest BCUT2D eigenvalue weighted by Gasteiger charge is -2.09. The highest BCUT2D eigenvalue weighted by molar-refractivity contribution is 7.89. The van der Waals surface area contributed by atoms with Gasteiger partial charge in [-0.1, -0.05) is 23.2 Å². The van der Waals surface area contributed by atoms with Crippen LogP contribution in [0, 0.1) is 0 Å². The van der Waals surface area contributed by atoms with Gasteiger partial charge in [0.05, 0.1) is 5.02 Å². The highest BCUT2D eigenvalue weighted by Crippen LogP contribution is 2.33. The van der Waals surface area contributed by atoms with E-state index in [1.165, 1.54) is 18.3 Å². The van der Waals surface area contributed by atoms with Crippen molar-refractivity contribution in [3.05, 3.63) is 52.2 Å². The molecule has 144 valence electrons. The number of rotatable bonds is 5. The van der Waals surface area contributed by atoms with Crippen molar-refractivity contribution in [2.45, 2.75) is 17.5 Å². The molecule has 0 radical (unpaired) electrons. The van der Waals surface area contributed by atoms with Crippen LogP contribution in [0.15, 0.2) is 35.5 Å². The van der Waals surface area contributed by atoms with E-state index in [1.54, 1.807) is 0 Å². The third-order valence-corrected chi connectivity index (χ3v) is 5.38. The summed E-state index contributed by atoms with van der Waals surface area (Å²) < 4.78 is 67.0. The maximum absolute atomic E-state index is 13.1. The molecule has 1 N–H and O–H groups in total. The molecule has 3 heterocycles. The molecule has 0 bridgehead atoms.